The molecular weight excluding hydrogens is 354 g/mol. The van der Waals surface area contributed by atoms with Gasteiger partial charge in [0.1, 0.15) is 0 Å². The van der Waals surface area contributed by atoms with Crippen molar-refractivity contribution in [1.82, 2.24) is 4.31 Å². The molecule has 7 nitrogen and oxygen atoms in total. The van der Waals surface area contributed by atoms with E-state index in [4.69, 9.17) is 15.3 Å². The van der Waals surface area contributed by atoms with E-state index < -0.39 is 16.0 Å². The lowest BCUT2D eigenvalue weighted by atomic mass is 10.2. The van der Waals surface area contributed by atoms with Gasteiger partial charge < -0.3 is 15.3 Å². The van der Waals surface area contributed by atoms with Crippen LogP contribution in [0.25, 0.3) is 0 Å². The fourth-order valence-corrected chi connectivity index (χ4v) is 4.02. The van der Waals surface area contributed by atoms with Crippen LogP contribution in [-0.4, -0.2) is 60.3 Å². The first kappa shape index (κ1) is 17.1. The van der Waals surface area contributed by atoms with Gasteiger partial charge in [0.05, 0.1) is 23.7 Å². The Bertz CT molecular complexity index is 583. The Morgan fingerprint density at radius 2 is 1.75 bits per heavy atom. The van der Waals surface area contributed by atoms with Gasteiger partial charge in [-0.15, -0.1) is 0 Å². The van der Waals surface area contributed by atoms with Crippen LogP contribution in [0.4, 0.5) is 0 Å². The molecule has 0 aromatic heterocycles. The van der Waals surface area contributed by atoms with Crippen molar-refractivity contribution in [1.29, 1.82) is 0 Å². The van der Waals surface area contributed by atoms with Gasteiger partial charge >= 0.3 is 5.97 Å². The van der Waals surface area contributed by atoms with E-state index in [9.17, 15) is 13.2 Å². The highest BCUT2D eigenvalue weighted by molar-refractivity contribution is 9.10. The summed E-state index contributed by atoms with van der Waals surface area (Å²) in [5, 5.41) is 26.6. The van der Waals surface area contributed by atoms with Crippen molar-refractivity contribution >= 4 is 31.9 Å². The van der Waals surface area contributed by atoms with E-state index in [0.717, 1.165) is 4.31 Å². The summed E-state index contributed by atoms with van der Waals surface area (Å²) >= 11 is 3.03. The minimum absolute atomic E-state index is 0.0494. The van der Waals surface area contributed by atoms with E-state index in [1.54, 1.807) is 0 Å². The number of nitrogens with zero attached hydrogens (tertiary/aromatic N) is 1. The number of rotatable bonds is 7. The fourth-order valence-electron chi connectivity index (χ4n) is 1.56. The highest BCUT2D eigenvalue weighted by atomic mass is 79.9. The number of hydrogen-bond acceptors (Lipinski definition) is 5. The number of carbonyl (C=O) groups is 1. The lowest BCUT2D eigenvalue weighted by Gasteiger charge is -2.21. The standard InChI is InChI=1S/C11H14BrNO6S/c12-9-7-8(11(16)17)1-2-10(9)20(18,19)13(3-5-14)4-6-15/h1-2,7,14-15H,3-6H2,(H,16,17). The average Bonchev–Trinajstić information content (AvgIpc) is 2.37. The summed E-state index contributed by atoms with van der Waals surface area (Å²) in [6, 6.07) is 3.53. The van der Waals surface area contributed by atoms with Crippen molar-refractivity contribution in [2.75, 3.05) is 26.3 Å². The third-order valence-corrected chi connectivity index (χ3v) is 5.37. The quantitative estimate of drug-likeness (QED) is 0.630. The van der Waals surface area contributed by atoms with Crippen molar-refractivity contribution in [3.05, 3.63) is 28.2 Å². The van der Waals surface area contributed by atoms with Crippen LogP contribution in [0.1, 0.15) is 10.4 Å². The number of aliphatic hydroxyl groups is 2. The molecule has 112 valence electrons. The predicted octanol–water partition coefficient (Wildman–Crippen LogP) is 0.123. The van der Waals surface area contributed by atoms with Crippen LogP contribution in [-0.2, 0) is 10.0 Å². The number of aromatic carboxylic acids is 1. The van der Waals surface area contributed by atoms with Crippen LogP contribution in [0.15, 0.2) is 27.6 Å². The lowest BCUT2D eigenvalue weighted by molar-refractivity contribution is 0.0696. The normalized spacial score (nSPS) is 11.8. The highest BCUT2D eigenvalue weighted by Gasteiger charge is 2.26. The Morgan fingerprint density at radius 1 is 1.20 bits per heavy atom. The highest BCUT2D eigenvalue weighted by Crippen LogP contribution is 2.26. The van der Waals surface area contributed by atoms with Crippen LogP contribution in [0.5, 0.6) is 0 Å². The molecule has 0 aliphatic heterocycles. The first-order chi connectivity index (χ1) is 9.34. The molecule has 0 aliphatic carbocycles. The van der Waals surface area contributed by atoms with Crippen LogP contribution in [0, 0.1) is 0 Å². The van der Waals surface area contributed by atoms with E-state index in [1.165, 1.54) is 18.2 Å². The number of aliphatic hydroxyl groups excluding tert-OH is 2. The number of hydrogen-bond donors (Lipinski definition) is 3. The number of halogens is 1. The van der Waals surface area contributed by atoms with E-state index >= 15 is 0 Å². The van der Waals surface area contributed by atoms with Crippen molar-refractivity contribution in [2.45, 2.75) is 4.90 Å². The van der Waals surface area contributed by atoms with E-state index in [2.05, 4.69) is 15.9 Å². The molecule has 0 bridgehead atoms. The third-order valence-electron chi connectivity index (χ3n) is 2.50. The van der Waals surface area contributed by atoms with E-state index in [-0.39, 0.29) is 41.2 Å². The number of sulfonamides is 1. The number of carboxylic acid groups (broad SMARTS) is 1. The Labute approximate surface area is 124 Å². The Morgan fingerprint density at radius 3 is 2.15 bits per heavy atom. The maximum atomic E-state index is 12.3. The van der Waals surface area contributed by atoms with Crippen molar-refractivity contribution < 1.29 is 28.5 Å². The van der Waals surface area contributed by atoms with Crippen LogP contribution >= 0.6 is 15.9 Å². The molecule has 0 unspecified atom stereocenters. The van der Waals surface area contributed by atoms with Gasteiger partial charge in [-0.2, -0.15) is 4.31 Å². The zero-order chi connectivity index (χ0) is 15.3. The molecule has 20 heavy (non-hydrogen) atoms. The maximum Gasteiger partial charge on any atom is 0.335 e. The maximum absolute atomic E-state index is 12.3. The van der Waals surface area contributed by atoms with Gasteiger partial charge in [0, 0.05) is 17.6 Å². The zero-order valence-electron chi connectivity index (χ0n) is 10.4. The fraction of sp³-hybridized carbons (Fsp3) is 0.364. The third kappa shape index (κ3) is 3.76. The summed E-state index contributed by atoms with van der Waals surface area (Å²) in [5.74, 6) is -1.17. The number of carboxylic acids is 1. The first-order valence-corrected chi connectivity index (χ1v) is 7.82. The van der Waals surface area contributed by atoms with Gasteiger partial charge in [-0.25, -0.2) is 13.2 Å². The van der Waals surface area contributed by atoms with Gasteiger partial charge in [0.25, 0.3) is 0 Å². The van der Waals surface area contributed by atoms with Crippen LogP contribution < -0.4 is 0 Å². The molecule has 0 aliphatic rings. The van der Waals surface area contributed by atoms with Crippen molar-refractivity contribution in [3.8, 4) is 0 Å². The van der Waals surface area contributed by atoms with Crippen molar-refractivity contribution in [2.24, 2.45) is 0 Å². The molecule has 0 saturated heterocycles. The molecule has 1 rings (SSSR count). The monoisotopic (exact) mass is 367 g/mol. The smallest absolute Gasteiger partial charge is 0.335 e. The molecule has 0 saturated carbocycles. The molecular formula is C11H14BrNO6S. The molecule has 0 atom stereocenters. The van der Waals surface area contributed by atoms with Gasteiger partial charge in [-0.3, -0.25) is 0 Å². The minimum Gasteiger partial charge on any atom is -0.478 e. The molecule has 1 aromatic carbocycles. The summed E-state index contributed by atoms with van der Waals surface area (Å²) in [6.07, 6.45) is 0. The zero-order valence-corrected chi connectivity index (χ0v) is 12.8. The SMILES string of the molecule is O=C(O)c1ccc(S(=O)(=O)N(CCO)CCO)c(Br)c1. The Balaban J connectivity index is 3.23. The molecule has 1 aromatic rings. The topological polar surface area (TPSA) is 115 Å². The largest absolute Gasteiger partial charge is 0.478 e. The molecule has 0 fully saturated rings. The second-order valence-corrected chi connectivity index (χ2v) is 6.56. The van der Waals surface area contributed by atoms with Gasteiger partial charge in [0.15, 0.2) is 0 Å². The lowest BCUT2D eigenvalue weighted by Crippen LogP contribution is -2.36. The summed E-state index contributed by atoms with van der Waals surface area (Å²) in [7, 11) is -3.92. The molecule has 3 N–H and O–H groups in total. The summed E-state index contributed by atoms with van der Waals surface area (Å²) in [4.78, 5) is 10.7. The van der Waals surface area contributed by atoms with Gasteiger partial charge in [-0.1, -0.05) is 0 Å². The summed E-state index contributed by atoms with van der Waals surface area (Å²) in [6.45, 7) is -1.08. The molecule has 0 amide bonds. The van der Waals surface area contributed by atoms with Crippen LogP contribution in [0.3, 0.4) is 0 Å². The average molecular weight is 368 g/mol. The predicted molar refractivity (Wildman–Crippen MR) is 74.0 cm³/mol. The van der Waals surface area contributed by atoms with Gasteiger partial charge in [0.2, 0.25) is 10.0 Å². The molecule has 0 spiro atoms. The molecule has 0 radical (unpaired) electrons. The van der Waals surface area contributed by atoms with Gasteiger partial charge in [-0.05, 0) is 34.1 Å². The van der Waals surface area contributed by atoms with E-state index in [0.29, 0.717) is 0 Å². The summed E-state index contributed by atoms with van der Waals surface area (Å²) in [5.41, 5.74) is -0.0494. The second kappa shape index (κ2) is 7.14. The summed E-state index contributed by atoms with van der Waals surface area (Å²) < 4.78 is 25.7. The first-order valence-electron chi connectivity index (χ1n) is 5.59. The second-order valence-electron chi connectivity index (χ2n) is 3.80. The number of benzene rings is 1. The minimum atomic E-state index is -3.92. The van der Waals surface area contributed by atoms with Crippen LogP contribution in [0.2, 0.25) is 0 Å². The van der Waals surface area contributed by atoms with E-state index in [1.807, 2.05) is 0 Å². The molecule has 0 heterocycles. The Kier molecular flexibility index (Phi) is 6.08. The molecule has 9 heteroatoms. The van der Waals surface area contributed by atoms with Crippen molar-refractivity contribution in [3.63, 3.8) is 0 Å². The Hall–Kier alpha value is -1.00.